The van der Waals surface area contributed by atoms with Crippen molar-refractivity contribution < 1.29 is 9.21 Å². The van der Waals surface area contributed by atoms with Gasteiger partial charge in [-0.1, -0.05) is 48.5 Å². The Balaban J connectivity index is 1.60. The molecule has 2 aromatic carbocycles. The number of H-pyrrole nitrogens is 1. The number of fused-ring (bicyclic) bond motifs is 1. The molecule has 2 heterocycles. The number of aromatic amines is 1. The molecule has 0 saturated heterocycles. The van der Waals surface area contributed by atoms with Crippen molar-refractivity contribution in [2.24, 2.45) is 0 Å². The number of para-hydroxylation sites is 1. The Morgan fingerprint density at radius 3 is 2.68 bits per heavy atom. The van der Waals surface area contributed by atoms with Crippen LogP contribution in [0.25, 0.3) is 11.0 Å². The molecule has 0 saturated carbocycles. The predicted molar refractivity (Wildman–Crippen MR) is 95.2 cm³/mol. The van der Waals surface area contributed by atoms with E-state index >= 15 is 0 Å². The van der Waals surface area contributed by atoms with E-state index < -0.39 is 0 Å². The fourth-order valence-electron chi connectivity index (χ4n) is 2.86. The van der Waals surface area contributed by atoms with Crippen molar-refractivity contribution in [3.8, 4) is 0 Å². The van der Waals surface area contributed by atoms with Crippen molar-refractivity contribution in [3.05, 3.63) is 90.2 Å². The van der Waals surface area contributed by atoms with Gasteiger partial charge < -0.3 is 14.7 Å². The van der Waals surface area contributed by atoms with Crippen molar-refractivity contribution in [2.45, 2.75) is 12.5 Å². The van der Waals surface area contributed by atoms with E-state index in [4.69, 9.17) is 4.42 Å². The first-order valence-electron chi connectivity index (χ1n) is 8.12. The Kier molecular flexibility index (Phi) is 4.04. The maximum atomic E-state index is 12.7. The summed E-state index contributed by atoms with van der Waals surface area (Å²) < 4.78 is 5.67. The van der Waals surface area contributed by atoms with E-state index in [2.05, 4.69) is 15.3 Å². The lowest BCUT2D eigenvalue weighted by Gasteiger charge is -2.17. The molecule has 124 valence electrons. The van der Waals surface area contributed by atoms with Gasteiger partial charge in [0.2, 0.25) is 0 Å². The van der Waals surface area contributed by atoms with Crippen molar-refractivity contribution in [1.29, 1.82) is 0 Å². The third-order valence-corrected chi connectivity index (χ3v) is 4.11. The number of hydrogen-bond donors (Lipinski definition) is 2. The Morgan fingerprint density at radius 1 is 1.12 bits per heavy atom. The molecule has 2 aromatic heterocycles. The number of rotatable bonds is 5. The van der Waals surface area contributed by atoms with Crippen LogP contribution in [-0.2, 0) is 6.42 Å². The van der Waals surface area contributed by atoms with E-state index in [0.717, 1.165) is 16.8 Å². The van der Waals surface area contributed by atoms with Gasteiger partial charge >= 0.3 is 0 Å². The monoisotopic (exact) mass is 331 g/mol. The minimum Gasteiger partial charge on any atom is -0.451 e. The number of nitrogens with one attached hydrogen (secondary N) is 2. The van der Waals surface area contributed by atoms with Crippen molar-refractivity contribution in [1.82, 2.24) is 15.3 Å². The van der Waals surface area contributed by atoms with E-state index in [1.54, 1.807) is 18.5 Å². The summed E-state index contributed by atoms with van der Waals surface area (Å²) in [5.41, 5.74) is 1.72. The highest BCUT2D eigenvalue weighted by Gasteiger charge is 2.19. The summed E-state index contributed by atoms with van der Waals surface area (Å²) in [6.07, 6.45) is 4.06. The van der Waals surface area contributed by atoms with E-state index in [1.165, 1.54) is 0 Å². The Morgan fingerprint density at radius 2 is 1.92 bits per heavy atom. The molecule has 5 heteroatoms. The van der Waals surface area contributed by atoms with Crippen LogP contribution < -0.4 is 5.32 Å². The molecule has 0 aliphatic carbocycles. The number of carbonyl (C=O) groups excluding carboxylic acids is 1. The summed E-state index contributed by atoms with van der Waals surface area (Å²) in [5, 5.41) is 3.97. The summed E-state index contributed by atoms with van der Waals surface area (Å²) in [5.74, 6) is 0.886. The van der Waals surface area contributed by atoms with Gasteiger partial charge in [0.15, 0.2) is 5.76 Å². The van der Waals surface area contributed by atoms with Crippen LogP contribution >= 0.6 is 0 Å². The molecule has 0 radical (unpaired) electrons. The van der Waals surface area contributed by atoms with Crippen molar-refractivity contribution in [2.75, 3.05) is 0 Å². The number of furan rings is 1. The van der Waals surface area contributed by atoms with Gasteiger partial charge in [-0.2, -0.15) is 0 Å². The number of nitrogens with zero attached hydrogens (tertiary/aromatic N) is 1. The number of aromatic nitrogens is 2. The Labute approximate surface area is 144 Å². The zero-order valence-corrected chi connectivity index (χ0v) is 13.5. The largest absolute Gasteiger partial charge is 0.451 e. The third-order valence-electron chi connectivity index (χ3n) is 4.11. The van der Waals surface area contributed by atoms with Gasteiger partial charge in [-0.3, -0.25) is 4.79 Å². The van der Waals surface area contributed by atoms with E-state index in [1.807, 2.05) is 54.6 Å². The van der Waals surface area contributed by atoms with Gasteiger partial charge in [-0.05, 0) is 17.7 Å². The first-order valence-corrected chi connectivity index (χ1v) is 8.12. The summed E-state index contributed by atoms with van der Waals surface area (Å²) in [4.78, 5) is 20.0. The zero-order valence-electron chi connectivity index (χ0n) is 13.5. The zero-order chi connectivity index (χ0) is 17.1. The summed E-state index contributed by atoms with van der Waals surface area (Å²) >= 11 is 0. The summed E-state index contributed by atoms with van der Waals surface area (Å²) in [6.45, 7) is 0. The van der Waals surface area contributed by atoms with Crippen molar-refractivity contribution in [3.63, 3.8) is 0 Å². The molecule has 5 nitrogen and oxygen atoms in total. The topological polar surface area (TPSA) is 70.9 Å². The van der Waals surface area contributed by atoms with Gasteiger partial charge in [-0.25, -0.2) is 4.98 Å². The second-order valence-electron chi connectivity index (χ2n) is 5.83. The molecule has 4 rings (SSSR count). The molecule has 2 N–H and O–H groups in total. The Bertz CT molecular complexity index is 942. The number of hydrogen-bond acceptors (Lipinski definition) is 3. The molecule has 0 aliphatic rings. The quantitative estimate of drug-likeness (QED) is 0.583. The summed E-state index contributed by atoms with van der Waals surface area (Å²) in [6, 6.07) is 19.0. The number of imidazole rings is 1. The van der Waals surface area contributed by atoms with E-state index in [-0.39, 0.29) is 11.9 Å². The van der Waals surface area contributed by atoms with Gasteiger partial charge in [0.1, 0.15) is 11.4 Å². The van der Waals surface area contributed by atoms with Crippen LogP contribution in [0, 0.1) is 0 Å². The highest BCUT2D eigenvalue weighted by atomic mass is 16.3. The van der Waals surface area contributed by atoms with Crippen LogP contribution in [-0.4, -0.2) is 15.9 Å². The lowest BCUT2D eigenvalue weighted by molar-refractivity contribution is 0.0910. The van der Waals surface area contributed by atoms with Gasteiger partial charge in [0, 0.05) is 24.2 Å². The molecule has 1 unspecified atom stereocenters. The second-order valence-corrected chi connectivity index (χ2v) is 5.83. The van der Waals surface area contributed by atoms with Crippen LogP contribution in [0.15, 0.2) is 77.5 Å². The van der Waals surface area contributed by atoms with Gasteiger partial charge in [0.25, 0.3) is 5.91 Å². The normalized spacial score (nSPS) is 12.2. The first-order chi connectivity index (χ1) is 12.3. The molecule has 0 aliphatic heterocycles. The molecule has 0 bridgehead atoms. The lowest BCUT2D eigenvalue weighted by atomic mass is 10.0. The average molecular weight is 331 g/mol. The SMILES string of the molecule is O=C(NC(Cc1ncc[nH]1)c1ccccc1)c1cc2ccccc2o1. The molecule has 4 aromatic rings. The third kappa shape index (κ3) is 3.30. The van der Waals surface area contributed by atoms with Crippen molar-refractivity contribution >= 4 is 16.9 Å². The molecule has 1 amide bonds. The summed E-state index contributed by atoms with van der Waals surface area (Å²) in [7, 11) is 0. The number of benzene rings is 2. The smallest absolute Gasteiger partial charge is 0.287 e. The lowest BCUT2D eigenvalue weighted by Crippen LogP contribution is -2.30. The maximum Gasteiger partial charge on any atom is 0.287 e. The van der Waals surface area contributed by atoms with Crippen LogP contribution in [0.3, 0.4) is 0 Å². The number of carbonyl (C=O) groups is 1. The minimum atomic E-state index is -0.239. The van der Waals surface area contributed by atoms with Gasteiger partial charge in [-0.15, -0.1) is 0 Å². The first kappa shape index (κ1) is 15.2. The van der Waals surface area contributed by atoms with Gasteiger partial charge in [0.05, 0.1) is 6.04 Å². The van der Waals surface area contributed by atoms with Crippen LogP contribution in [0.4, 0.5) is 0 Å². The molecule has 1 atom stereocenters. The molecular weight excluding hydrogens is 314 g/mol. The fourth-order valence-corrected chi connectivity index (χ4v) is 2.86. The Hall–Kier alpha value is -3.34. The molecule has 0 fully saturated rings. The predicted octanol–water partition coefficient (Wildman–Crippen LogP) is 3.87. The fraction of sp³-hybridized carbons (Fsp3) is 0.100. The van der Waals surface area contributed by atoms with E-state index in [9.17, 15) is 4.79 Å². The maximum absolute atomic E-state index is 12.7. The highest BCUT2D eigenvalue weighted by molar-refractivity contribution is 5.96. The minimum absolute atomic E-state index is 0.201. The average Bonchev–Trinajstić information content (AvgIpc) is 3.31. The number of amides is 1. The highest BCUT2D eigenvalue weighted by Crippen LogP contribution is 2.21. The molecular formula is C20H17N3O2. The molecule has 25 heavy (non-hydrogen) atoms. The second kappa shape index (κ2) is 6.65. The van der Waals surface area contributed by atoms with E-state index in [0.29, 0.717) is 17.8 Å². The van der Waals surface area contributed by atoms with Crippen LogP contribution in [0.2, 0.25) is 0 Å². The van der Waals surface area contributed by atoms with Crippen LogP contribution in [0.1, 0.15) is 28.0 Å². The standard InChI is InChI=1S/C20H17N3O2/c24-20(18-12-15-8-4-5-9-17(15)25-18)23-16(13-19-21-10-11-22-19)14-6-2-1-3-7-14/h1-12,16H,13H2,(H,21,22)(H,23,24). The molecule has 0 spiro atoms. The van der Waals surface area contributed by atoms with Crippen LogP contribution in [0.5, 0.6) is 0 Å².